The fraction of sp³-hybridized carbons (Fsp3) is 0.600. The minimum atomic E-state index is -0.457. The zero-order chi connectivity index (χ0) is 10.8. The molecule has 84 valence electrons. The molecule has 0 saturated carbocycles. The largest absolute Gasteiger partial charge is 0.387 e. The van der Waals surface area contributed by atoms with Crippen LogP contribution in [0.25, 0.3) is 0 Å². The molecule has 2 nitrogen and oxygen atoms in total. The first-order chi connectivity index (χ1) is 7.16. The average molecular weight is 312 g/mol. The third-order valence-electron chi connectivity index (χ3n) is 2.50. The van der Waals surface area contributed by atoms with E-state index in [-0.39, 0.29) is 6.10 Å². The van der Waals surface area contributed by atoms with Gasteiger partial charge in [-0.15, -0.1) is 11.3 Å². The van der Waals surface area contributed by atoms with Crippen molar-refractivity contribution in [3.63, 3.8) is 0 Å². The van der Waals surface area contributed by atoms with Crippen molar-refractivity contribution < 1.29 is 9.84 Å². The van der Waals surface area contributed by atoms with E-state index in [1.54, 1.807) is 0 Å². The lowest BCUT2D eigenvalue weighted by atomic mass is 10.1. The van der Waals surface area contributed by atoms with E-state index in [4.69, 9.17) is 16.3 Å². The number of rotatable bonds is 3. The Bertz CT molecular complexity index is 317. The van der Waals surface area contributed by atoms with E-state index in [1.807, 2.05) is 6.07 Å². The van der Waals surface area contributed by atoms with Gasteiger partial charge in [-0.2, -0.15) is 0 Å². The van der Waals surface area contributed by atoms with Crippen molar-refractivity contribution in [3.05, 3.63) is 19.8 Å². The van der Waals surface area contributed by atoms with Crippen LogP contribution in [0.3, 0.4) is 0 Å². The Labute approximate surface area is 106 Å². The lowest BCUT2D eigenvalue weighted by Gasteiger charge is -2.13. The molecule has 2 unspecified atom stereocenters. The fourth-order valence-corrected chi connectivity index (χ4v) is 3.47. The summed E-state index contributed by atoms with van der Waals surface area (Å²) in [5, 5.41) is 10.6. The first kappa shape index (κ1) is 11.9. The maximum atomic E-state index is 9.97. The maximum Gasteiger partial charge on any atom is 0.0907 e. The number of ether oxygens (including phenoxy) is 1. The zero-order valence-corrected chi connectivity index (χ0v) is 11.2. The van der Waals surface area contributed by atoms with Crippen LogP contribution in [0.5, 0.6) is 0 Å². The van der Waals surface area contributed by atoms with Crippen LogP contribution < -0.4 is 0 Å². The highest BCUT2D eigenvalue weighted by Gasteiger charge is 2.22. The van der Waals surface area contributed by atoms with Crippen LogP contribution >= 0.6 is 38.9 Å². The Morgan fingerprint density at radius 2 is 2.53 bits per heavy atom. The molecule has 5 heteroatoms. The number of thiophene rings is 1. The smallest absolute Gasteiger partial charge is 0.0907 e. The first-order valence-corrected chi connectivity index (χ1v) is 6.90. The summed E-state index contributed by atoms with van der Waals surface area (Å²) in [5.74, 6) is 0. The highest BCUT2D eigenvalue weighted by molar-refractivity contribution is 9.11. The minimum Gasteiger partial charge on any atom is -0.387 e. The highest BCUT2D eigenvalue weighted by Crippen LogP contribution is 2.37. The molecule has 0 amide bonds. The second kappa shape index (κ2) is 5.15. The van der Waals surface area contributed by atoms with E-state index in [1.165, 1.54) is 11.3 Å². The van der Waals surface area contributed by atoms with Crippen molar-refractivity contribution >= 4 is 38.9 Å². The van der Waals surface area contributed by atoms with Gasteiger partial charge < -0.3 is 9.84 Å². The number of halogens is 2. The average Bonchev–Trinajstić information content (AvgIpc) is 2.78. The minimum absolute atomic E-state index is 0.208. The molecule has 0 spiro atoms. The molecule has 2 atom stereocenters. The van der Waals surface area contributed by atoms with Gasteiger partial charge in [0.05, 0.1) is 21.0 Å². The summed E-state index contributed by atoms with van der Waals surface area (Å²) in [4.78, 5) is 0.905. The molecule has 0 bridgehead atoms. The predicted octanol–water partition coefficient (Wildman–Crippen LogP) is 3.77. The maximum absolute atomic E-state index is 9.97. The molecule has 0 radical (unpaired) electrons. The van der Waals surface area contributed by atoms with Crippen molar-refractivity contribution in [3.8, 4) is 0 Å². The summed E-state index contributed by atoms with van der Waals surface area (Å²) in [7, 11) is 0. The number of hydrogen-bond donors (Lipinski definition) is 1. The van der Waals surface area contributed by atoms with Crippen LogP contribution in [0.1, 0.15) is 30.2 Å². The molecule has 2 rings (SSSR count). The van der Waals surface area contributed by atoms with Gasteiger partial charge in [0.25, 0.3) is 0 Å². The van der Waals surface area contributed by atoms with Crippen molar-refractivity contribution in [2.75, 3.05) is 6.61 Å². The van der Waals surface area contributed by atoms with Gasteiger partial charge in [0.2, 0.25) is 0 Å². The molecule has 2 heterocycles. The Balaban J connectivity index is 1.97. The van der Waals surface area contributed by atoms with Gasteiger partial charge in [-0.1, -0.05) is 11.6 Å². The van der Waals surface area contributed by atoms with E-state index in [0.717, 1.165) is 28.1 Å². The molecule has 1 N–H and O–H groups in total. The van der Waals surface area contributed by atoms with E-state index in [2.05, 4.69) is 15.9 Å². The summed E-state index contributed by atoms with van der Waals surface area (Å²) in [6.45, 7) is 0.826. The second-order valence-corrected chi connectivity index (χ2v) is 6.47. The van der Waals surface area contributed by atoms with E-state index < -0.39 is 6.10 Å². The second-order valence-electron chi connectivity index (χ2n) is 3.66. The third-order valence-corrected chi connectivity index (χ3v) is 5.08. The van der Waals surface area contributed by atoms with Crippen molar-refractivity contribution in [1.82, 2.24) is 0 Å². The quantitative estimate of drug-likeness (QED) is 0.921. The molecular formula is C10H12BrClO2S. The van der Waals surface area contributed by atoms with Crippen LogP contribution in [-0.2, 0) is 4.74 Å². The van der Waals surface area contributed by atoms with Gasteiger partial charge in [0.1, 0.15) is 0 Å². The van der Waals surface area contributed by atoms with E-state index in [0.29, 0.717) is 11.4 Å². The lowest BCUT2D eigenvalue weighted by molar-refractivity contribution is 0.0548. The van der Waals surface area contributed by atoms with E-state index in [9.17, 15) is 5.11 Å². The van der Waals surface area contributed by atoms with Crippen LogP contribution in [0.2, 0.25) is 5.02 Å². The number of hydrogen-bond acceptors (Lipinski definition) is 3. The third kappa shape index (κ3) is 2.94. The zero-order valence-electron chi connectivity index (χ0n) is 8.08. The molecule has 0 aliphatic carbocycles. The molecular weight excluding hydrogens is 300 g/mol. The summed E-state index contributed by atoms with van der Waals surface area (Å²) in [6.07, 6.45) is 2.58. The van der Waals surface area contributed by atoms with Crippen molar-refractivity contribution in [2.24, 2.45) is 0 Å². The molecule has 15 heavy (non-hydrogen) atoms. The highest BCUT2D eigenvalue weighted by atomic mass is 79.9. The summed E-state index contributed by atoms with van der Waals surface area (Å²) < 4.78 is 6.36. The fourth-order valence-electron chi connectivity index (χ4n) is 1.72. The summed E-state index contributed by atoms with van der Waals surface area (Å²) >= 11 is 10.7. The van der Waals surface area contributed by atoms with Crippen molar-refractivity contribution in [1.29, 1.82) is 0 Å². The normalized spacial score (nSPS) is 23.3. The van der Waals surface area contributed by atoms with Crippen LogP contribution in [0, 0.1) is 0 Å². The number of aliphatic hydroxyl groups is 1. The van der Waals surface area contributed by atoms with Crippen LogP contribution in [0.15, 0.2) is 9.85 Å². The van der Waals surface area contributed by atoms with Gasteiger partial charge in [0, 0.05) is 17.9 Å². The summed E-state index contributed by atoms with van der Waals surface area (Å²) in [5.41, 5.74) is 0. The van der Waals surface area contributed by atoms with Gasteiger partial charge in [-0.3, -0.25) is 0 Å². The molecule has 1 aromatic rings. The Morgan fingerprint density at radius 3 is 3.07 bits per heavy atom. The Morgan fingerprint density at radius 1 is 1.73 bits per heavy atom. The van der Waals surface area contributed by atoms with Gasteiger partial charge in [-0.25, -0.2) is 0 Å². The molecule has 1 aliphatic rings. The number of aliphatic hydroxyl groups excluding tert-OH is 1. The van der Waals surface area contributed by atoms with Crippen LogP contribution in [-0.4, -0.2) is 17.8 Å². The van der Waals surface area contributed by atoms with Crippen LogP contribution in [0.4, 0.5) is 0 Å². The standard InChI is InChI=1S/C10H12BrClO2S/c11-10-7(12)5-9(15-10)8(13)4-6-2-1-3-14-6/h5-6,8,13H,1-4H2. The van der Waals surface area contributed by atoms with E-state index >= 15 is 0 Å². The summed E-state index contributed by atoms with van der Waals surface area (Å²) in [6, 6.07) is 1.82. The molecule has 0 aromatic carbocycles. The SMILES string of the molecule is OC(CC1CCCO1)c1cc(Cl)c(Br)s1. The Hall–Kier alpha value is 0.390. The molecule has 1 fully saturated rings. The van der Waals surface area contributed by atoms with Gasteiger partial charge in [0.15, 0.2) is 0 Å². The lowest BCUT2D eigenvalue weighted by Crippen LogP contribution is -2.10. The first-order valence-electron chi connectivity index (χ1n) is 4.91. The molecule has 1 aliphatic heterocycles. The molecule has 1 saturated heterocycles. The Kier molecular flexibility index (Phi) is 4.07. The topological polar surface area (TPSA) is 29.5 Å². The van der Waals surface area contributed by atoms with Gasteiger partial charge >= 0.3 is 0 Å². The predicted molar refractivity (Wildman–Crippen MR) is 65.6 cm³/mol. The molecule has 1 aromatic heterocycles. The van der Waals surface area contributed by atoms with Gasteiger partial charge in [-0.05, 0) is 34.8 Å². The van der Waals surface area contributed by atoms with Crippen molar-refractivity contribution in [2.45, 2.75) is 31.5 Å². The monoisotopic (exact) mass is 310 g/mol.